The average molecular weight is 689 g/mol. The second-order valence-electron chi connectivity index (χ2n) is 11.1. The van der Waals surface area contributed by atoms with E-state index in [1.165, 1.54) is 11.8 Å². The normalized spacial score (nSPS) is 19.8. The second kappa shape index (κ2) is 16.6. The van der Waals surface area contributed by atoms with Gasteiger partial charge in [0.1, 0.15) is 18.1 Å². The van der Waals surface area contributed by atoms with E-state index in [1.54, 1.807) is 121 Å². The molecule has 5 aromatic carbocycles. The van der Waals surface area contributed by atoms with Crippen molar-refractivity contribution in [3.05, 3.63) is 174 Å². The first-order valence-electron chi connectivity index (χ1n) is 15.8. The van der Waals surface area contributed by atoms with Crippen LogP contribution in [-0.2, 0) is 23.7 Å². The molecule has 5 atom stereocenters. The summed E-state index contributed by atoms with van der Waals surface area (Å²) < 4.78 is 30.5. The van der Waals surface area contributed by atoms with E-state index in [9.17, 15) is 19.2 Å². The first-order chi connectivity index (χ1) is 24.5. The Balaban J connectivity index is 1.41. The fourth-order valence-corrected chi connectivity index (χ4v) is 6.38. The average Bonchev–Trinajstić information content (AvgIpc) is 3.17. The minimum atomic E-state index is -1.40. The molecule has 5 aromatic rings. The van der Waals surface area contributed by atoms with Crippen molar-refractivity contribution in [2.45, 2.75) is 34.7 Å². The molecule has 0 aliphatic carbocycles. The highest BCUT2D eigenvalue weighted by molar-refractivity contribution is 7.99. The Labute approximate surface area is 293 Å². The van der Waals surface area contributed by atoms with E-state index in [0.29, 0.717) is 5.56 Å². The highest BCUT2D eigenvalue weighted by atomic mass is 32.2. The van der Waals surface area contributed by atoms with Crippen molar-refractivity contribution in [2.24, 2.45) is 0 Å². The van der Waals surface area contributed by atoms with Crippen molar-refractivity contribution in [3.63, 3.8) is 0 Å². The van der Waals surface area contributed by atoms with E-state index in [-0.39, 0.29) is 23.3 Å². The van der Waals surface area contributed by atoms with Crippen molar-refractivity contribution < 1.29 is 42.9 Å². The number of benzene rings is 5. The van der Waals surface area contributed by atoms with E-state index in [2.05, 4.69) is 0 Å². The third-order valence-corrected chi connectivity index (χ3v) is 8.89. The van der Waals surface area contributed by atoms with Crippen molar-refractivity contribution in [3.8, 4) is 0 Å². The molecule has 3 unspecified atom stereocenters. The predicted octanol–water partition coefficient (Wildman–Crippen LogP) is 7.04. The van der Waals surface area contributed by atoms with E-state index < -0.39 is 53.7 Å². The first kappa shape index (κ1) is 34.2. The van der Waals surface area contributed by atoms with E-state index in [4.69, 9.17) is 23.7 Å². The fourth-order valence-electron chi connectivity index (χ4n) is 5.26. The van der Waals surface area contributed by atoms with Crippen LogP contribution in [0.5, 0.6) is 0 Å². The first-order valence-corrected chi connectivity index (χ1v) is 16.7. The summed E-state index contributed by atoms with van der Waals surface area (Å²) in [6, 6.07) is 42.5. The van der Waals surface area contributed by atoms with E-state index in [1.807, 2.05) is 30.3 Å². The Hall–Kier alpha value is -5.71. The molecule has 1 heterocycles. The molecule has 1 saturated heterocycles. The summed E-state index contributed by atoms with van der Waals surface area (Å²) >= 11 is 1.22. The van der Waals surface area contributed by atoms with Gasteiger partial charge >= 0.3 is 23.9 Å². The van der Waals surface area contributed by atoms with Crippen LogP contribution < -0.4 is 0 Å². The molecule has 1 fully saturated rings. The summed E-state index contributed by atoms with van der Waals surface area (Å²) in [5.41, 5.74) is -0.0106. The SMILES string of the molecule is O=C(OCC1OC(Sc2ccccc2)C(OC(=O)c2ccccc2)[C@@H](OC(=O)c2ccccc2)[C@H]1OC(=O)c1ccccc1)c1ccccc1. The fraction of sp³-hybridized carbons (Fsp3) is 0.150. The molecule has 10 heteroatoms. The van der Waals surface area contributed by atoms with Gasteiger partial charge in [-0.15, -0.1) is 0 Å². The van der Waals surface area contributed by atoms with E-state index in [0.717, 1.165) is 4.90 Å². The van der Waals surface area contributed by atoms with Crippen LogP contribution >= 0.6 is 11.8 Å². The zero-order valence-corrected chi connectivity index (χ0v) is 27.4. The molecular weight excluding hydrogens is 656 g/mol. The molecule has 0 spiro atoms. The Bertz CT molecular complexity index is 1870. The van der Waals surface area contributed by atoms with Gasteiger partial charge in [-0.1, -0.05) is 103 Å². The standard InChI is InChI=1S/C40H32O9S/c41-36(27-16-6-1-7-17-27)45-26-32-33(47-37(42)28-18-8-2-9-19-28)34(48-38(43)29-20-10-3-11-21-29)35(49-39(44)30-22-12-4-13-23-30)40(46-32)50-31-24-14-5-15-25-31/h1-25,32-35,40H,26H2/t32?,33-,34-,35?,40?/m0/s1. The van der Waals surface area contributed by atoms with Crippen LogP contribution in [0.1, 0.15) is 41.4 Å². The third-order valence-electron chi connectivity index (χ3n) is 7.73. The Kier molecular flexibility index (Phi) is 11.3. The molecule has 1 aliphatic heterocycles. The van der Waals surface area contributed by atoms with Gasteiger partial charge in [-0.3, -0.25) is 0 Å². The van der Waals surface area contributed by atoms with Gasteiger partial charge in [0.05, 0.1) is 22.3 Å². The quantitative estimate of drug-likeness (QED) is 0.106. The lowest BCUT2D eigenvalue weighted by Crippen LogP contribution is -2.61. The summed E-state index contributed by atoms with van der Waals surface area (Å²) in [6.07, 6.45) is -5.24. The highest BCUT2D eigenvalue weighted by Gasteiger charge is 2.53. The molecular formula is C40H32O9S. The Morgan fingerprint density at radius 2 is 0.820 bits per heavy atom. The van der Waals surface area contributed by atoms with Gasteiger partial charge in [-0.25, -0.2) is 19.2 Å². The molecule has 6 rings (SSSR count). The molecule has 0 saturated carbocycles. The van der Waals surface area contributed by atoms with Gasteiger partial charge in [0, 0.05) is 4.90 Å². The van der Waals surface area contributed by atoms with Gasteiger partial charge in [-0.2, -0.15) is 0 Å². The number of thioether (sulfide) groups is 1. The van der Waals surface area contributed by atoms with Crippen LogP contribution in [-0.4, -0.2) is 60.3 Å². The van der Waals surface area contributed by atoms with Crippen molar-refractivity contribution in [2.75, 3.05) is 6.61 Å². The lowest BCUT2D eigenvalue weighted by molar-refractivity contribution is -0.207. The molecule has 0 radical (unpaired) electrons. The summed E-state index contributed by atoms with van der Waals surface area (Å²) in [4.78, 5) is 54.7. The third kappa shape index (κ3) is 8.65. The van der Waals surface area contributed by atoms with Crippen LogP contribution in [0, 0.1) is 0 Å². The Morgan fingerprint density at radius 3 is 1.26 bits per heavy atom. The smallest absolute Gasteiger partial charge is 0.338 e. The molecule has 1 aliphatic rings. The van der Waals surface area contributed by atoms with Crippen LogP contribution in [0.3, 0.4) is 0 Å². The van der Waals surface area contributed by atoms with Crippen molar-refractivity contribution >= 4 is 35.6 Å². The maximum absolute atomic E-state index is 13.7. The molecule has 9 nitrogen and oxygen atoms in total. The maximum Gasteiger partial charge on any atom is 0.338 e. The summed E-state index contributed by atoms with van der Waals surface area (Å²) in [6.45, 7) is -0.384. The van der Waals surface area contributed by atoms with Gasteiger partial charge in [-0.05, 0) is 60.7 Å². The number of hydrogen-bond donors (Lipinski definition) is 0. The largest absolute Gasteiger partial charge is 0.459 e. The van der Waals surface area contributed by atoms with Crippen LogP contribution in [0.15, 0.2) is 157 Å². The van der Waals surface area contributed by atoms with Crippen molar-refractivity contribution in [1.29, 1.82) is 0 Å². The number of rotatable bonds is 11. The summed E-state index contributed by atoms with van der Waals surface area (Å²) in [5.74, 6) is -2.84. The lowest BCUT2D eigenvalue weighted by atomic mass is 9.98. The monoisotopic (exact) mass is 688 g/mol. The van der Waals surface area contributed by atoms with Gasteiger partial charge < -0.3 is 23.7 Å². The van der Waals surface area contributed by atoms with Crippen LogP contribution in [0.2, 0.25) is 0 Å². The number of ether oxygens (including phenoxy) is 5. The zero-order chi connectivity index (χ0) is 34.7. The van der Waals surface area contributed by atoms with Crippen LogP contribution in [0.25, 0.3) is 0 Å². The van der Waals surface area contributed by atoms with Gasteiger partial charge in [0.15, 0.2) is 18.3 Å². The summed E-state index contributed by atoms with van der Waals surface area (Å²) in [7, 11) is 0. The number of carbonyl (C=O) groups excluding carboxylic acids is 4. The van der Waals surface area contributed by atoms with Gasteiger partial charge in [0.25, 0.3) is 0 Å². The Morgan fingerprint density at radius 1 is 0.460 bits per heavy atom. The lowest BCUT2D eigenvalue weighted by Gasteiger charge is -2.44. The molecule has 50 heavy (non-hydrogen) atoms. The van der Waals surface area contributed by atoms with E-state index >= 15 is 0 Å². The molecule has 0 aromatic heterocycles. The van der Waals surface area contributed by atoms with Crippen LogP contribution in [0.4, 0.5) is 0 Å². The summed E-state index contributed by atoms with van der Waals surface area (Å²) in [5, 5.41) is 0. The number of carbonyl (C=O) groups is 4. The zero-order valence-electron chi connectivity index (χ0n) is 26.6. The van der Waals surface area contributed by atoms with Gasteiger partial charge in [0.2, 0.25) is 0 Å². The topological polar surface area (TPSA) is 114 Å². The maximum atomic E-state index is 13.7. The molecule has 0 bridgehead atoms. The molecule has 0 N–H and O–H groups in total. The molecule has 0 amide bonds. The van der Waals surface area contributed by atoms with Crippen molar-refractivity contribution in [1.82, 2.24) is 0 Å². The second-order valence-corrected chi connectivity index (χ2v) is 12.3. The number of hydrogen-bond acceptors (Lipinski definition) is 10. The number of esters is 4. The highest BCUT2D eigenvalue weighted by Crippen LogP contribution is 2.38. The minimum Gasteiger partial charge on any atom is -0.459 e. The minimum absolute atomic E-state index is 0.222. The molecule has 252 valence electrons. The predicted molar refractivity (Wildman–Crippen MR) is 185 cm³/mol.